The van der Waals surface area contributed by atoms with E-state index in [1.54, 1.807) is 24.3 Å². The van der Waals surface area contributed by atoms with Gasteiger partial charge in [-0.2, -0.15) is 9.97 Å². The smallest absolute Gasteiger partial charge is 0.319 e. The predicted octanol–water partition coefficient (Wildman–Crippen LogP) is 9.71. The molecule has 3 aromatic carbocycles. The summed E-state index contributed by atoms with van der Waals surface area (Å²) in [7, 11) is -2.29. The van der Waals surface area contributed by atoms with Crippen molar-refractivity contribution in [2.24, 2.45) is 5.73 Å². The van der Waals surface area contributed by atoms with E-state index in [1.807, 2.05) is 11.8 Å². The standard InChI is InChI=1S/C43H53F4N5OSi/c1-26(2)54(27(3)4,28(5)6)20-15-31-34(45)14-13-29-11-8-12-32(36(29)31)37-35(46)21-33-39(38(37)47)49-41(50-40(33)51-18-9-16-42(7,48)24-51)53-25-43-17-10-19-52(43)23-30(44)22-43/h8,11-14,21,26-28,30H,9-10,16-19,22-25,48H2,1-7H3/t30-,42?,43+/m1/s1. The van der Waals surface area contributed by atoms with Crippen LogP contribution in [0.25, 0.3) is 32.8 Å². The molecule has 11 heteroatoms. The van der Waals surface area contributed by atoms with Gasteiger partial charge in [-0.15, -0.1) is 5.54 Å². The number of rotatable bonds is 8. The molecule has 288 valence electrons. The fraction of sp³-hybridized carbons (Fsp3) is 0.535. The second-order valence-electron chi connectivity index (χ2n) is 17.3. The number of hydrogen-bond donors (Lipinski definition) is 1. The van der Waals surface area contributed by atoms with Gasteiger partial charge in [0.15, 0.2) is 5.82 Å². The summed E-state index contributed by atoms with van der Waals surface area (Å²) in [6.45, 7) is 17.4. The highest BCUT2D eigenvalue weighted by molar-refractivity contribution is 6.90. The maximum Gasteiger partial charge on any atom is 0.319 e. The molecule has 3 fully saturated rings. The summed E-state index contributed by atoms with van der Waals surface area (Å²) in [5, 5.41) is 1.16. The number of piperidine rings is 1. The molecule has 3 aliphatic rings. The number of aromatic nitrogens is 2. The van der Waals surface area contributed by atoms with Gasteiger partial charge in [-0.25, -0.2) is 17.6 Å². The predicted molar refractivity (Wildman–Crippen MR) is 213 cm³/mol. The minimum atomic E-state index is -2.29. The van der Waals surface area contributed by atoms with Gasteiger partial charge in [-0.1, -0.05) is 71.7 Å². The van der Waals surface area contributed by atoms with Crippen molar-refractivity contribution >= 4 is 35.6 Å². The molecule has 4 aromatic rings. The van der Waals surface area contributed by atoms with E-state index in [9.17, 15) is 4.39 Å². The van der Waals surface area contributed by atoms with Gasteiger partial charge in [0, 0.05) is 42.4 Å². The number of ether oxygens (including phenoxy) is 1. The average molecular weight is 760 g/mol. The van der Waals surface area contributed by atoms with Crippen LogP contribution < -0.4 is 15.4 Å². The molecule has 0 saturated carbocycles. The zero-order valence-corrected chi connectivity index (χ0v) is 33.6. The van der Waals surface area contributed by atoms with Crippen LogP contribution in [0.5, 0.6) is 6.01 Å². The van der Waals surface area contributed by atoms with E-state index in [2.05, 4.69) is 62.9 Å². The molecule has 1 unspecified atom stereocenters. The third kappa shape index (κ3) is 6.66. The number of fused-ring (bicyclic) bond motifs is 3. The summed E-state index contributed by atoms with van der Waals surface area (Å²) >= 11 is 0. The third-order valence-corrected chi connectivity index (χ3v) is 18.9. The Balaban J connectivity index is 1.42. The quantitative estimate of drug-likeness (QED) is 0.110. The van der Waals surface area contributed by atoms with Crippen LogP contribution in [0.1, 0.15) is 86.1 Å². The van der Waals surface area contributed by atoms with Crippen LogP contribution in [0.15, 0.2) is 36.4 Å². The van der Waals surface area contributed by atoms with Gasteiger partial charge in [0.2, 0.25) is 0 Å². The first-order chi connectivity index (χ1) is 25.6. The van der Waals surface area contributed by atoms with E-state index in [0.29, 0.717) is 59.3 Å². The summed E-state index contributed by atoms with van der Waals surface area (Å²) in [5.74, 6) is 1.33. The molecule has 3 atom stereocenters. The monoisotopic (exact) mass is 759 g/mol. The molecule has 0 radical (unpaired) electrons. The Morgan fingerprint density at radius 2 is 1.69 bits per heavy atom. The van der Waals surface area contributed by atoms with Gasteiger partial charge in [0.1, 0.15) is 43.8 Å². The lowest BCUT2D eigenvalue weighted by Crippen LogP contribution is -2.52. The van der Waals surface area contributed by atoms with Gasteiger partial charge in [-0.05, 0) is 78.9 Å². The largest absolute Gasteiger partial charge is 0.461 e. The molecule has 0 spiro atoms. The minimum Gasteiger partial charge on any atom is -0.461 e. The molecule has 3 saturated heterocycles. The second kappa shape index (κ2) is 14.4. The maximum absolute atomic E-state index is 17.3. The highest BCUT2D eigenvalue weighted by Crippen LogP contribution is 2.44. The van der Waals surface area contributed by atoms with Crippen LogP contribution in [-0.4, -0.2) is 73.0 Å². The minimum absolute atomic E-state index is 0.0605. The van der Waals surface area contributed by atoms with E-state index >= 15 is 13.2 Å². The molecular formula is C43H53F4N5OSi. The molecule has 1 aromatic heterocycles. The van der Waals surface area contributed by atoms with Gasteiger partial charge in [0.25, 0.3) is 0 Å². The summed E-state index contributed by atoms with van der Waals surface area (Å²) in [6, 6.07) is 9.35. The zero-order valence-electron chi connectivity index (χ0n) is 32.6. The van der Waals surface area contributed by atoms with Gasteiger partial charge < -0.3 is 15.4 Å². The summed E-state index contributed by atoms with van der Waals surface area (Å²) in [5.41, 5.74) is 10.0. The lowest BCUT2D eigenvalue weighted by Gasteiger charge is -2.39. The number of benzene rings is 3. The van der Waals surface area contributed by atoms with Crippen molar-refractivity contribution in [1.82, 2.24) is 14.9 Å². The van der Waals surface area contributed by atoms with E-state index in [1.165, 1.54) is 12.1 Å². The number of nitrogens with two attached hydrogens (primary N) is 1. The third-order valence-electron chi connectivity index (χ3n) is 12.6. The van der Waals surface area contributed by atoms with Crippen molar-refractivity contribution in [3.8, 4) is 28.6 Å². The van der Waals surface area contributed by atoms with Crippen LogP contribution in [0, 0.1) is 28.9 Å². The highest BCUT2D eigenvalue weighted by atomic mass is 28.3. The van der Waals surface area contributed by atoms with Crippen molar-refractivity contribution in [3.05, 3.63) is 59.4 Å². The van der Waals surface area contributed by atoms with Gasteiger partial charge in [-0.3, -0.25) is 4.90 Å². The maximum atomic E-state index is 17.3. The van der Waals surface area contributed by atoms with E-state index in [0.717, 1.165) is 32.2 Å². The Labute approximate surface area is 317 Å². The number of halogens is 4. The Morgan fingerprint density at radius 1 is 0.963 bits per heavy atom. The second-order valence-corrected chi connectivity index (χ2v) is 22.9. The number of anilines is 1. The molecule has 2 N–H and O–H groups in total. The normalized spacial score (nSPS) is 23.5. The number of nitrogens with zero attached hydrogens (tertiary/aromatic N) is 4. The molecule has 4 heterocycles. The number of hydrogen-bond acceptors (Lipinski definition) is 6. The molecule has 0 amide bonds. The lowest BCUT2D eigenvalue weighted by molar-refractivity contribution is 0.107. The van der Waals surface area contributed by atoms with E-state index < -0.39 is 42.8 Å². The number of alkyl halides is 1. The fourth-order valence-corrected chi connectivity index (χ4v) is 15.3. The Bertz CT molecular complexity index is 2120. The highest BCUT2D eigenvalue weighted by Gasteiger charge is 2.49. The van der Waals surface area contributed by atoms with E-state index in [4.69, 9.17) is 15.5 Å². The van der Waals surface area contributed by atoms with Crippen molar-refractivity contribution in [2.75, 3.05) is 37.7 Å². The molecule has 0 aliphatic carbocycles. The van der Waals surface area contributed by atoms with Crippen LogP contribution in [0.4, 0.5) is 23.4 Å². The molecule has 7 rings (SSSR count). The first-order valence-electron chi connectivity index (χ1n) is 19.6. The Morgan fingerprint density at radius 3 is 2.39 bits per heavy atom. The van der Waals surface area contributed by atoms with Crippen molar-refractivity contribution in [1.29, 1.82) is 0 Å². The average Bonchev–Trinajstić information content (AvgIpc) is 3.63. The van der Waals surface area contributed by atoms with Crippen LogP contribution in [-0.2, 0) is 0 Å². The fourth-order valence-electron chi connectivity index (χ4n) is 10.1. The molecule has 54 heavy (non-hydrogen) atoms. The Kier molecular flexibility index (Phi) is 10.3. The van der Waals surface area contributed by atoms with Gasteiger partial charge >= 0.3 is 6.01 Å². The molecule has 3 aliphatic heterocycles. The molecule has 6 nitrogen and oxygen atoms in total. The molecule has 0 bridgehead atoms. The zero-order chi connectivity index (χ0) is 38.7. The molecular weight excluding hydrogens is 707 g/mol. The lowest BCUT2D eigenvalue weighted by atomic mass is 9.91. The van der Waals surface area contributed by atoms with Crippen LogP contribution in [0.3, 0.4) is 0 Å². The van der Waals surface area contributed by atoms with Crippen molar-refractivity contribution in [3.63, 3.8) is 0 Å². The first kappa shape index (κ1) is 38.5. The topological polar surface area (TPSA) is 67.5 Å². The first-order valence-corrected chi connectivity index (χ1v) is 21.8. The summed E-state index contributed by atoms with van der Waals surface area (Å²) < 4.78 is 71.0. The summed E-state index contributed by atoms with van der Waals surface area (Å²) in [4.78, 5) is 13.4. The van der Waals surface area contributed by atoms with Crippen molar-refractivity contribution in [2.45, 2.75) is 114 Å². The van der Waals surface area contributed by atoms with Gasteiger partial charge in [0.05, 0.1) is 16.7 Å². The van der Waals surface area contributed by atoms with Crippen molar-refractivity contribution < 1.29 is 22.3 Å². The SMILES string of the molecule is CC(C)[Si](C#Cc1c(F)ccc2cccc(-c3c(F)cc4c(N5CCCC(C)(N)C5)nc(OC[C@@]56CCCN5C[C@H](F)C6)nc4c3F)c12)(C(C)C)C(C)C. The summed E-state index contributed by atoms with van der Waals surface area (Å²) in [6.07, 6.45) is 2.70. The van der Waals surface area contributed by atoms with E-state index in [-0.39, 0.29) is 40.2 Å². The van der Waals surface area contributed by atoms with Crippen LogP contribution in [0.2, 0.25) is 16.6 Å². The van der Waals surface area contributed by atoms with Crippen LogP contribution >= 0.6 is 0 Å². The Hall–Kier alpha value is -3.72.